The van der Waals surface area contributed by atoms with Crippen molar-refractivity contribution < 1.29 is 28.8 Å². The molecule has 1 fully saturated rings. The van der Waals surface area contributed by atoms with Gasteiger partial charge < -0.3 is 19.3 Å². The lowest BCUT2D eigenvalue weighted by atomic mass is 9.84. The Bertz CT molecular complexity index is 1240. The Labute approximate surface area is 204 Å². The van der Waals surface area contributed by atoms with Crippen LogP contribution in [0.3, 0.4) is 0 Å². The zero-order chi connectivity index (χ0) is 25.3. The van der Waals surface area contributed by atoms with Crippen LogP contribution in [-0.4, -0.2) is 52.5 Å². The molecule has 1 aliphatic carbocycles. The van der Waals surface area contributed by atoms with Crippen molar-refractivity contribution in [1.82, 2.24) is 14.7 Å². The number of aryl methyl sites for hydroxylation is 1. The van der Waals surface area contributed by atoms with Crippen molar-refractivity contribution >= 4 is 17.4 Å². The molecule has 0 radical (unpaired) electrons. The lowest BCUT2D eigenvalue weighted by molar-refractivity contribution is -0.723. The maximum absolute atomic E-state index is 13.4. The van der Waals surface area contributed by atoms with Crippen LogP contribution in [0.5, 0.6) is 17.4 Å². The van der Waals surface area contributed by atoms with Crippen LogP contribution in [-0.2, 0) is 12.0 Å². The summed E-state index contributed by atoms with van der Waals surface area (Å²) in [7, 11) is 1.56. The Morgan fingerprint density at radius 3 is 2.63 bits per heavy atom. The monoisotopic (exact) mass is 484 g/mol. The standard InChI is InChI=1S/C25H33N5O5/c1-15-10-21(35-14-16-6-7-16)27-30-23(15)28-29(24(30)26)13-19(32)17-11-18(25(2,3)4)22(33-5)20(12-17)34-9-8-31/h10-12,16,26,31H,6-9,13-14H2,1-5H3/p+1. The van der Waals surface area contributed by atoms with Gasteiger partial charge in [-0.05, 0) is 43.2 Å². The molecule has 0 atom stereocenters. The number of ether oxygens (including phenoxy) is 3. The van der Waals surface area contributed by atoms with Crippen molar-refractivity contribution in [2.75, 3.05) is 32.7 Å². The summed E-state index contributed by atoms with van der Waals surface area (Å²) in [6.07, 6.45) is 2.37. The summed E-state index contributed by atoms with van der Waals surface area (Å²) in [6.45, 7) is 8.48. The first-order chi connectivity index (χ1) is 16.6. The number of carbonyl (C=O) groups is 1. The molecule has 3 N–H and O–H groups in total. The van der Waals surface area contributed by atoms with Gasteiger partial charge in [-0.25, -0.2) is 0 Å². The number of methoxy groups -OCH3 is 1. The quantitative estimate of drug-likeness (QED) is 0.332. The number of hydrogen-bond donors (Lipinski definition) is 2. The van der Waals surface area contributed by atoms with E-state index in [1.807, 2.05) is 39.8 Å². The van der Waals surface area contributed by atoms with Gasteiger partial charge in [-0.2, -0.15) is 0 Å². The van der Waals surface area contributed by atoms with Crippen LogP contribution in [0.15, 0.2) is 18.2 Å². The van der Waals surface area contributed by atoms with Gasteiger partial charge in [0.25, 0.3) is 5.65 Å². The van der Waals surface area contributed by atoms with Gasteiger partial charge in [0.2, 0.25) is 5.88 Å². The first kappa shape index (κ1) is 24.7. The van der Waals surface area contributed by atoms with E-state index in [-0.39, 0.29) is 36.9 Å². The minimum Gasteiger partial charge on any atom is -0.493 e. The zero-order valence-electron chi connectivity index (χ0n) is 21.0. The molecule has 35 heavy (non-hydrogen) atoms. The topological polar surface area (TPSA) is 125 Å². The van der Waals surface area contributed by atoms with Crippen molar-refractivity contribution in [3.05, 3.63) is 34.9 Å². The van der Waals surface area contributed by atoms with Gasteiger partial charge in [0.1, 0.15) is 6.61 Å². The minimum absolute atomic E-state index is 0.0811. The first-order valence-corrected chi connectivity index (χ1v) is 11.8. The minimum atomic E-state index is -0.313. The van der Waals surface area contributed by atoms with Gasteiger partial charge in [0.05, 0.1) is 20.3 Å². The summed E-state index contributed by atoms with van der Waals surface area (Å²) >= 11 is 0. The van der Waals surface area contributed by atoms with Gasteiger partial charge in [-0.15, -0.1) is 4.68 Å². The molecular formula is C25H34N5O5+. The second-order valence-electron chi connectivity index (χ2n) is 9.97. The highest BCUT2D eigenvalue weighted by molar-refractivity contribution is 5.96. The number of nitrogens with two attached hydrogens (primary N) is 1. The Morgan fingerprint density at radius 1 is 1.26 bits per heavy atom. The number of aliphatic hydroxyl groups excluding tert-OH is 1. The number of benzene rings is 1. The van der Waals surface area contributed by atoms with Gasteiger partial charge in [-0.1, -0.05) is 35.5 Å². The molecule has 0 spiro atoms. The Kier molecular flexibility index (Phi) is 6.84. The highest BCUT2D eigenvalue weighted by atomic mass is 16.5. The van der Waals surface area contributed by atoms with Gasteiger partial charge in [-0.3, -0.25) is 10.5 Å². The summed E-state index contributed by atoms with van der Waals surface area (Å²) in [5, 5.41) is 18.2. The molecule has 0 saturated heterocycles. The SMILES string of the molecule is COc1c(OCCO)cc(C(=O)C[n+]2nc3c(C)cc(OCC4CC4)nn3c2N)cc1C(C)(C)C. The van der Waals surface area contributed by atoms with E-state index >= 15 is 0 Å². The molecule has 1 aromatic carbocycles. The third kappa shape index (κ3) is 5.32. The Hall–Kier alpha value is -3.40. The molecule has 0 aliphatic heterocycles. The average molecular weight is 485 g/mol. The Morgan fingerprint density at radius 2 is 2.00 bits per heavy atom. The molecule has 0 bridgehead atoms. The van der Waals surface area contributed by atoms with Crippen LogP contribution >= 0.6 is 0 Å². The number of fused-ring (bicyclic) bond motifs is 1. The number of aromatic nitrogens is 4. The number of nitrogens with zero attached hydrogens (tertiary/aromatic N) is 4. The smallest absolute Gasteiger partial charge is 0.401 e. The maximum Gasteiger partial charge on any atom is 0.401 e. The zero-order valence-corrected chi connectivity index (χ0v) is 21.0. The number of aliphatic hydroxyl groups is 1. The summed E-state index contributed by atoms with van der Waals surface area (Å²) in [6, 6.07) is 5.28. The highest BCUT2D eigenvalue weighted by Gasteiger charge is 2.28. The predicted octanol–water partition coefficient (Wildman–Crippen LogP) is 2.26. The first-order valence-electron chi connectivity index (χ1n) is 11.8. The fraction of sp³-hybridized carbons (Fsp3) is 0.520. The fourth-order valence-corrected chi connectivity index (χ4v) is 3.84. The van der Waals surface area contributed by atoms with E-state index in [0.717, 1.165) is 11.1 Å². The van der Waals surface area contributed by atoms with Crippen molar-refractivity contribution in [2.45, 2.75) is 52.5 Å². The van der Waals surface area contributed by atoms with Gasteiger partial charge in [0.15, 0.2) is 23.8 Å². The normalized spacial score (nSPS) is 13.8. The molecule has 0 amide bonds. The molecular weight excluding hydrogens is 450 g/mol. The summed E-state index contributed by atoms with van der Waals surface area (Å²) in [5.41, 5.74) is 8.69. The molecule has 10 nitrogen and oxygen atoms in total. The van der Waals surface area contributed by atoms with E-state index in [0.29, 0.717) is 41.1 Å². The van der Waals surface area contributed by atoms with E-state index in [1.54, 1.807) is 13.2 Å². The van der Waals surface area contributed by atoms with Crippen molar-refractivity contribution in [2.24, 2.45) is 5.92 Å². The lowest BCUT2D eigenvalue weighted by Crippen LogP contribution is -2.42. The average Bonchev–Trinajstić information content (AvgIpc) is 3.59. The fourth-order valence-electron chi connectivity index (χ4n) is 3.84. The van der Waals surface area contributed by atoms with Gasteiger partial charge in [0, 0.05) is 22.8 Å². The maximum atomic E-state index is 13.4. The largest absolute Gasteiger partial charge is 0.493 e. The van der Waals surface area contributed by atoms with Crippen LogP contribution in [0.1, 0.15) is 55.1 Å². The molecule has 10 heteroatoms. The third-order valence-electron chi connectivity index (χ3n) is 5.98. The number of rotatable bonds is 10. The number of anilines is 1. The van der Waals surface area contributed by atoms with E-state index < -0.39 is 0 Å². The van der Waals surface area contributed by atoms with E-state index in [9.17, 15) is 9.90 Å². The second kappa shape index (κ2) is 9.69. The van der Waals surface area contributed by atoms with Crippen LogP contribution in [0, 0.1) is 12.8 Å². The number of nitrogen functional groups attached to an aromatic ring is 1. The molecule has 1 saturated carbocycles. The van der Waals surface area contributed by atoms with E-state index in [2.05, 4.69) is 10.2 Å². The number of carbonyl (C=O) groups excluding carboxylic acids is 1. The molecule has 0 unspecified atom stereocenters. The van der Waals surface area contributed by atoms with E-state index in [4.69, 9.17) is 19.9 Å². The molecule has 4 rings (SSSR count). The molecule has 3 aromatic rings. The molecule has 188 valence electrons. The Balaban J connectivity index is 1.66. The lowest BCUT2D eigenvalue weighted by Gasteiger charge is -2.24. The van der Waals surface area contributed by atoms with Crippen LogP contribution < -0.4 is 24.6 Å². The van der Waals surface area contributed by atoms with Crippen molar-refractivity contribution in [1.29, 1.82) is 0 Å². The number of hydrogen-bond acceptors (Lipinski definition) is 8. The highest BCUT2D eigenvalue weighted by Crippen LogP contribution is 2.40. The number of ketones is 1. The van der Waals surface area contributed by atoms with Crippen LogP contribution in [0.4, 0.5) is 5.95 Å². The molecule has 2 aromatic heterocycles. The van der Waals surface area contributed by atoms with E-state index in [1.165, 1.54) is 22.0 Å². The summed E-state index contributed by atoms with van der Waals surface area (Å²) in [5.74, 6) is 2.06. The summed E-state index contributed by atoms with van der Waals surface area (Å²) in [4.78, 5) is 13.4. The second-order valence-corrected chi connectivity index (χ2v) is 9.97. The van der Waals surface area contributed by atoms with Gasteiger partial charge >= 0.3 is 5.95 Å². The third-order valence-corrected chi connectivity index (χ3v) is 5.98. The van der Waals surface area contributed by atoms with Crippen molar-refractivity contribution in [3.8, 4) is 17.4 Å². The summed E-state index contributed by atoms with van der Waals surface area (Å²) < 4.78 is 20.1. The van der Waals surface area contributed by atoms with Crippen molar-refractivity contribution in [3.63, 3.8) is 0 Å². The molecule has 1 aliphatic rings. The number of Topliss-reactive ketones (excluding diaryl/α,β-unsaturated/α-hetero) is 1. The molecule has 2 heterocycles. The van der Waals surface area contributed by atoms with Crippen LogP contribution in [0.2, 0.25) is 0 Å². The van der Waals surface area contributed by atoms with Crippen LogP contribution in [0.25, 0.3) is 5.65 Å². The predicted molar refractivity (Wildman–Crippen MR) is 129 cm³/mol.